The van der Waals surface area contributed by atoms with Crippen molar-refractivity contribution in [2.24, 2.45) is 0 Å². The maximum absolute atomic E-state index is 11.4. The average molecular weight is 267 g/mol. The van der Waals surface area contributed by atoms with Crippen LogP contribution in [0.25, 0.3) is 0 Å². The van der Waals surface area contributed by atoms with Crippen molar-refractivity contribution >= 4 is 11.9 Å². The molecule has 0 aromatic heterocycles. The first-order chi connectivity index (χ1) is 8.96. The van der Waals surface area contributed by atoms with Gasteiger partial charge in [-0.05, 0) is 27.0 Å². The Morgan fingerprint density at radius 1 is 1.05 bits per heavy atom. The lowest BCUT2D eigenvalue weighted by Gasteiger charge is -2.03. The molecule has 1 N–H and O–H groups in total. The molecule has 0 aliphatic carbocycles. The molecule has 0 fully saturated rings. The van der Waals surface area contributed by atoms with E-state index in [4.69, 9.17) is 0 Å². The molecule has 0 rings (SSSR count). The minimum Gasteiger partial charge on any atom is -0.465 e. The lowest BCUT2D eigenvalue weighted by atomic mass is 10.1. The first-order valence-electron chi connectivity index (χ1n) is 5.83. The lowest BCUT2D eigenvalue weighted by molar-refractivity contribution is -0.144. The molecule has 0 aliphatic heterocycles. The normalized spacial score (nSPS) is 11.8. The highest BCUT2D eigenvalue weighted by Crippen LogP contribution is 2.07. The number of hydrogen-bond acceptors (Lipinski definition) is 5. The van der Waals surface area contributed by atoms with Gasteiger partial charge in [-0.2, -0.15) is 0 Å². The summed E-state index contributed by atoms with van der Waals surface area (Å²) in [7, 11) is 4.30. The Morgan fingerprint density at radius 3 is 2.00 bits per heavy atom. The highest BCUT2D eigenvalue weighted by molar-refractivity contribution is 6.14. The van der Waals surface area contributed by atoms with Gasteiger partial charge in [0.15, 0.2) is 0 Å². The summed E-state index contributed by atoms with van der Waals surface area (Å²) >= 11 is 0. The standard InChI is InChI=1S/C14H21NO4/c1-10(6-7-11(2)9-15-3)8-12(13(16)18-4)14(17)19-5/h6-8,15H,9H2,1-5H3. The molecule has 0 saturated heterocycles. The van der Waals surface area contributed by atoms with Crippen LogP contribution in [0, 0.1) is 0 Å². The zero-order valence-corrected chi connectivity index (χ0v) is 12.1. The topological polar surface area (TPSA) is 64.6 Å². The Balaban J connectivity index is 5.13. The van der Waals surface area contributed by atoms with Crippen LogP contribution >= 0.6 is 0 Å². The zero-order valence-electron chi connectivity index (χ0n) is 12.1. The number of methoxy groups -OCH3 is 2. The van der Waals surface area contributed by atoms with Crippen LogP contribution < -0.4 is 5.32 Å². The molecule has 0 bridgehead atoms. The molecule has 0 radical (unpaired) electrons. The van der Waals surface area contributed by atoms with Crippen LogP contribution in [0.4, 0.5) is 0 Å². The highest BCUT2D eigenvalue weighted by atomic mass is 16.5. The third kappa shape index (κ3) is 6.57. The number of hydrogen-bond donors (Lipinski definition) is 1. The van der Waals surface area contributed by atoms with E-state index in [1.807, 2.05) is 26.1 Å². The van der Waals surface area contributed by atoms with Crippen LogP contribution in [0.1, 0.15) is 13.8 Å². The van der Waals surface area contributed by atoms with Crippen LogP contribution in [0.2, 0.25) is 0 Å². The van der Waals surface area contributed by atoms with Gasteiger partial charge in [0.05, 0.1) is 14.2 Å². The molecule has 106 valence electrons. The Labute approximate surface area is 114 Å². The van der Waals surface area contributed by atoms with Gasteiger partial charge in [-0.15, -0.1) is 0 Å². The van der Waals surface area contributed by atoms with Gasteiger partial charge in [0, 0.05) is 6.54 Å². The summed E-state index contributed by atoms with van der Waals surface area (Å²) in [5.41, 5.74) is 1.76. The van der Waals surface area contributed by atoms with Crippen molar-refractivity contribution in [3.05, 3.63) is 34.9 Å². The summed E-state index contributed by atoms with van der Waals surface area (Å²) in [6.07, 6.45) is 5.17. The van der Waals surface area contributed by atoms with Crippen LogP contribution in [0.3, 0.4) is 0 Å². The van der Waals surface area contributed by atoms with E-state index in [1.54, 1.807) is 6.92 Å². The molecule has 5 nitrogen and oxygen atoms in total. The molecule has 0 aliphatic rings. The Hall–Kier alpha value is -1.88. The quantitative estimate of drug-likeness (QED) is 0.259. The van der Waals surface area contributed by atoms with Crippen LogP contribution in [0.15, 0.2) is 34.9 Å². The van der Waals surface area contributed by atoms with Crippen LogP contribution in [-0.4, -0.2) is 39.8 Å². The number of carbonyl (C=O) groups excluding carboxylic acids is 2. The van der Waals surface area contributed by atoms with E-state index in [9.17, 15) is 9.59 Å². The molecule has 0 aromatic carbocycles. The summed E-state index contributed by atoms with van der Waals surface area (Å²) in [6.45, 7) is 4.54. The summed E-state index contributed by atoms with van der Waals surface area (Å²) in [4.78, 5) is 22.9. The van der Waals surface area contributed by atoms with E-state index >= 15 is 0 Å². The number of esters is 2. The SMILES string of the molecule is CNCC(C)=CC=C(C)C=C(C(=O)OC)C(=O)OC. The number of rotatable bonds is 6. The molecule has 0 spiro atoms. The number of carbonyl (C=O) groups is 2. The average Bonchev–Trinajstić information content (AvgIpc) is 2.41. The van der Waals surface area contributed by atoms with Crippen molar-refractivity contribution < 1.29 is 19.1 Å². The van der Waals surface area contributed by atoms with Crippen LogP contribution in [-0.2, 0) is 19.1 Å². The third-order valence-electron chi connectivity index (χ3n) is 2.27. The van der Waals surface area contributed by atoms with E-state index in [2.05, 4.69) is 14.8 Å². The van der Waals surface area contributed by atoms with Gasteiger partial charge < -0.3 is 14.8 Å². The molecule has 0 amide bonds. The van der Waals surface area contributed by atoms with Crippen molar-refractivity contribution in [1.29, 1.82) is 0 Å². The lowest BCUT2D eigenvalue weighted by Crippen LogP contribution is -2.15. The highest BCUT2D eigenvalue weighted by Gasteiger charge is 2.19. The third-order valence-corrected chi connectivity index (χ3v) is 2.27. The van der Waals surface area contributed by atoms with Crippen molar-refractivity contribution in [3.8, 4) is 0 Å². The van der Waals surface area contributed by atoms with Gasteiger partial charge in [-0.3, -0.25) is 0 Å². The fraction of sp³-hybridized carbons (Fsp3) is 0.429. The zero-order chi connectivity index (χ0) is 14.8. The first-order valence-corrected chi connectivity index (χ1v) is 5.83. The number of likely N-dealkylation sites (N-methyl/N-ethyl adjacent to an activating group) is 1. The Bertz CT molecular complexity index is 401. The predicted octanol–water partition coefficient (Wildman–Crippen LogP) is 1.37. The molecule has 0 saturated carbocycles. The minimum absolute atomic E-state index is 0.126. The molecular formula is C14H21NO4. The number of nitrogens with one attached hydrogen (secondary N) is 1. The van der Waals surface area contributed by atoms with E-state index in [0.29, 0.717) is 0 Å². The summed E-state index contributed by atoms with van der Waals surface area (Å²) in [5.74, 6) is -1.42. The fourth-order valence-corrected chi connectivity index (χ4v) is 1.31. The summed E-state index contributed by atoms with van der Waals surface area (Å²) in [6, 6.07) is 0. The first kappa shape index (κ1) is 17.1. The van der Waals surface area contributed by atoms with Gasteiger partial charge in [0.25, 0.3) is 0 Å². The van der Waals surface area contributed by atoms with E-state index < -0.39 is 11.9 Å². The second-order valence-electron chi connectivity index (χ2n) is 4.00. The van der Waals surface area contributed by atoms with Crippen molar-refractivity contribution in [2.45, 2.75) is 13.8 Å². The van der Waals surface area contributed by atoms with E-state index in [1.165, 1.54) is 20.3 Å². The number of ether oxygens (including phenoxy) is 2. The van der Waals surface area contributed by atoms with Crippen molar-refractivity contribution in [2.75, 3.05) is 27.8 Å². The van der Waals surface area contributed by atoms with Gasteiger partial charge in [0.1, 0.15) is 5.57 Å². The smallest absolute Gasteiger partial charge is 0.345 e. The Morgan fingerprint density at radius 2 is 1.58 bits per heavy atom. The Kier molecular flexibility index (Phi) is 8.20. The molecule has 5 heteroatoms. The second-order valence-corrected chi connectivity index (χ2v) is 4.00. The summed E-state index contributed by atoms with van der Waals surface area (Å²) in [5, 5.41) is 3.03. The monoisotopic (exact) mass is 267 g/mol. The molecule has 0 heterocycles. The van der Waals surface area contributed by atoms with Gasteiger partial charge in [0.2, 0.25) is 0 Å². The van der Waals surface area contributed by atoms with Crippen molar-refractivity contribution in [1.82, 2.24) is 5.32 Å². The summed E-state index contributed by atoms with van der Waals surface area (Å²) < 4.78 is 9.08. The van der Waals surface area contributed by atoms with Crippen LogP contribution in [0.5, 0.6) is 0 Å². The van der Waals surface area contributed by atoms with E-state index in [-0.39, 0.29) is 5.57 Å². The maximum atomic E-state index is 11.4. The van der Waals surface area contributed by atoms with Gasteiger partial charge >= 0.3 is 11.9 Å². The van der Waals surface area contributed by atoms with Crippen molar-refractivity contribution in [3.63, 3.8) is 0 Å². The molecule has 19 heavy (non-hydrogen) atoms. The predicted molar refractivity (Wildman–Crippen MR) is 73.6 cm³/mol. The molecule has 0 aromatic rings. The molecule has 0 atom stereocenters. The number of allylic oxidation sites excluding steroid dienone is 4. The van der Waals surface area contributed by atoms with E-state index in [0.717, 1.165) is 17.7 Å². The van der Waals surface area contributed by atoms with Gasteiger partial charge in [-0.1, -0.05) is 23.3 Å². The largest absolute Gasteiger partial charge is 0.465 e. The second kappa shape index (κ2) is 9.10. The molecule has 0 unspecified atom stereocenters. The van der Waals surface area contributed by atoms with Gasteiger partial charge in [-0.25, -0.2) is 9.59 Å². The minimum atomic E-state index is -0.712. The molecular weight excluding hydrogens is 246 g/mol. The fourth-order valence-electron chi connectivity index (χ4n) is 1.31. The maximum Gasteiger partial charge on any atom is 0.345 e.